The summed E-state index contributed by atoms with van der Waals surface area (Å²) < 4.78 is 0. The van der Waals surface area contributed by atoms with Crippen LogP contribution in [0.2, 0.25) is 0 Å². The van der Waals surface area contributed by atoms with Gasteiger partial charge in [0.15, 0.2) is 0 Å². The summed E-state index contributed by atoms with van der Waals surface area (Å²) in [7, 11) is 3.43. The van der Waals surface area contributed by atoms with E-state index in [0.717, 1.165) is 24.9 Å². The van der Waals surface area contributed by atoms with E-state index in [-0.39, 0.29) is 30.1 Å². The maximum atomic E-state index is 12.4. The summed E-state index contributed by atoms with van der Waals surface area (Å²) in [5.41, 5.74) is 1.05. The van der Waals surface area contributed by atoms with Crippen LogP contribution >= 0.6 is 12.4 Å². The van der Waals surface area contributed by atoms with Crippen LogP contribution in [0.15, 0.2) is 30.3 Å². The molecule has 1 aromatic rings. The summed E-state index contributed by atoms with van der Waals surface area (Å²) in [6.07, 6.45) is 2.40. The number of hydrogen-bond donors (Lipinski definition) is 2. The van der Waals surface area contributed by atoms with Gasteiger partial charge in [0.25, 0.3) is 0 Å². The minimum Gasteiger partial charge on any atom is -0.347 e. The third kappa shape index (κ3) is 5.84. The van der Waals surface area contributed by atoms with Gasteiger partial charge in [0.1, 0.15) is 6.04 Å². The Morgan fingerprint density at radius 1 is 1.30 bits per heavy atom. The number of likely N-dealkylation sites (N-methyl/N-ethyl adjacent to an activating group) is 1. The summed E-state index contributed by atoms with van der Waals surface area (Å²) >= 11 is 0. The number of nitrogens with zero attached hydrogens (tertiary/aromatic N) is 1. The van der Waals surface area contributed by atoms with E-state index in [1.807, 2.05) is 30.3 Å². The topological polar surface area (TPSA) is 61.4 Å². The third-order valence-electron chi connectivity index (χ3n) is 4.01. The van der Waals surface area contributed by atoms with Gasteiger partial charge in [-0.3, -0.25) is 9.59 Å². The van der Waals surface area contributed by atoms with Crippen molar-refractivity contribution < 1.29 is 9.59 Å². The van der Waals surface area contributed by atoms with Gasteiger partial charge in [0.2, 0.25) is 11.8 Å². The molecule has 0 aromatic heterocycles. The number of halogens is 1. The van der Waals surface area contributed by atoms with E-state index in [4.69, 9.17) is 0 Å². The molecule has 0 spiro atoms. The maximum Gasteiger partial charge on any atom is 0.244 e. The first kappa shape index (κ1) is 19.5. The van der Waals surface area contributed by atoms with Crippen LogP contribution in [0.1, 0.15) is 18.4 Å². The summed E-state index contributed by atoms with van der Waals surface area (Å²) in [6.45, 7) is 1.66. The first-order valence-corrected chi connectivity index (χ1v) is 7.84. The predicted molar refractivity (Wildman–Crippen MR) is 93.6 cm³/mol. The second-order valence-corrected chi connectivity index (χ2v) is 6.03. The largest absolute Gasteiger partial charge is 0.347 e. The molecule has 0 bridgehead atoms. The predicted octanol–water partition coefficient (Wildman–Crippen LogP) is 1.22. The number of nitrogens with one attached hydrogen (secondary N) is 2. The number of hydrogen-bond acceptors (Lipinski definition) is 3. The molecule has 1 aromatic carbocycles. The van der Waals surface area contributed by atoms with Gasteiger partial charge in [-0.15, -0.1) is 12.4 Å². The molecule has 128 valence electrons. The minimum atomic E-state index is -0.508. The summed E-state index contributed by atoms with van der Waals surface area (Å²) in [6, 6.07) is 9.28. The van der Waals surface area contributed by atoms with Crippen molar-refractivity contribution in [2.75, 3.05) is 27.2 Å². The van der Waals surface area contributed by atoms with Gasteiger partial charge in [-0.05, 0) is 24.9 Å². The highest BCUT2D eigenvalue weighted by atomic mass is 35.5. The molecule has 0 aliphatic carbocycles. The fourth-order valence-electron chi connectivity index (χ4n) is 2.73. The molecule has 5 nitrogen and oxygen atoms in total. The molecule has 1 fully saturated rings. The van der Waals surface area contributed by atoms with Crippen molar-refractivity contribution in [3.8, 4) is 0 Å². The van der Waals surface area contributed by atoms with Gasteiger partial charge in [0, 0.05) is 27.1 Å². The molecular formula is C17H26ClN3O2. The zero-order valence-electron chi connectivity index (χ0n) is 13.7. The molecule has 6 heteroatoms. The van der Waals surface area contributed by atoms with E-state index in [2.05, 4.69) is 10.6 Å². The minimum absolute atomic E-state index is 0. The van der Waals surface area contributed by atoms with Crippen LogP contribution in [-0.2, 0) is 16.0 Å². The van der Waals surface area contributed by atoms with Crippen LogP contribution in [0, 0.1) is 5.92 Å². The van der Waals surface area contributed by atoms with Crippen molar-refractivity contribution in [3.05, 3.63) is 35.9 Å². The Bertz CT molecular complexity index is 502. The lowest BCUT2D eigenvalue weighted by Gasteiger charge is -2.26. The average Bonchev–Trinajstić information content (AvgIpc) is 2.55. The second kappa shape index (κ2) is 9.53. The van der Waals surface area contributed by atoms with Crippen LogP contribution in [0.25, 0.3) is 0 Å². The molecule has 2 unspecified atom stereocenters. The van der Waals surface area contributed by atoms with Crippen molar-refractivity contribution in [1.29, 1.82) is 0 Å². The molecule has 0 saturated carbocycles. The van der Waals surface area contributed by atoms with Gasteiger partial charge < -0.3 is 15.5 Å². The van der Waals surface area contributed by atoms with E-state index in [1.165, 1.54) is 4.90 Å². The van der Waals surface area contributed by atoms with Gasteiger partial charge in [-0.25, -0.2) is 0 Å². The number of amides is 2. The van der Waals surface area contributed by atoms with Crippen molar-refractivity contribution in [2.45, 2.75) is 25.3 Å². The van der Waals surface area contributed by atoms with Crippen LogP contribution in [0.4, 0.5) is 0 Å². The fourth-order valence-corrected chi connectivity index (χ4v) is 2.73. The standard InChI is InChI=1S/C17H25N3O2.ClH/c1-20(2)17(22)15(11-13-7-4-3-5-8-13)19-16(21)14-9-6-10-18-12-14;/h3-5,7-8,14-15,18H,6,9-12H2,1-2H3,(H,19,21);1H. The lowest BCUT2D eigenvalue weighted by Crippen LogP contribution is -2.51. The molecule has 1 saturated heterocycles. The molecule has 1 aliphatic heterocycles. The average molecular weight is 340 g/mol. The molecular weight excluding hydrogens is 314 g/mol. The second-order valence-electron chi connectivity index (χ2n) is 6.03. The number of rotatable bonds is 5. The van der Waals surface area contributed by atoms with E-state index in [0.29, 0.717) is 13.0 Å². The molecule has 2 rings (SSSR count). The van der Waals surface area contributed by atoms with Gasteiger partial charge in [-0.2, -0.15) is 0 Å². The van der Waals surface area contributed by atoms with Crippen molar-refractivity contribution in [3.63, 3.8) is 0 Å². The Morgan fingerprint density at radius 2 is 2.00 bits per heavy atom. The van der Waals surface area contributed by atoms with Crippen LogP contribution in [-0.4, -0.2) is 49.9 Å². The number of benzene rings is 1. The fraction of sp³-hybridized carbons (Fsp3) is 0.529. The van der Waals surface area contributed by atoms with Crippen molar-refractivity contribution in [1.82, 2.24) is 15.5 Å². The summed E-state index contributed by atoms with van der Waals surface area (Å²) in [5, 5.41) is 6.18. The monoisotopic (exact) mass is 339 g/mol. The summed E-state index contributed by atoms with van der Waals surface area (Å²) in [5.74, 6) is -0.133. The van der Waals surface area contributed by atoms with E-state index in [9.17, 15) is 9.59 Å². The first-order valence-electron chi connectivity index (χ1n) is 7.84. The quantitative estimate of drug-likeness (QED) is 0.848. The third-order valence-corrected chi connectivity index (χ3v) is 4.01. The highest BCUT2D eigenvalue weighted by Gasteiger charge is 2.27. The van der Waals surface area contributed by atoms with Crippen molar-refractivity contribution >= 4 is 24.2 Å². The SMILES string of the molecule is CN(C)C(=O)C(Cc1ccccc1)NC(=O)C1CCCNC1.Cl. The van der Waals surface area contributed by atoms with Crippen LogP contribution in [0.3, 0.4) is 0 Å². The normalized spacial score (nSPS) is 18.4. The van der Waals surface area contributed by atoms with Crippen LogP contribution in [0.5, 0.6) is 0 Å². The Hall–Kier alpha value is -1.59. The van der Waals surface area contributed by atoms with Gasteiger partial charge in [0.05, 0.1) is 5.92 Å². The number of piperidine rings is 1. The Labute approximate surface area is 144 Å². The smallest absolute Gasteiger partial charge is 0.244 e. The zero-order chi connectivity index (χ0) is 15.9. The Balaban J connectivity index is 0.00000264. The highest BCUT2D eigenvalue weighted by molar-refractivity contribution is 5.88. The summed E-state index contributed by atoms with van der Waals surface area (Å²) in [4.78, 5) is 26.3. The molecule has 1 heterocycles. The Morgan fingerprint density at radius 3 is 2.57 bits per heavy atom. The molecule has 0 radical (unpaired) electrons. The molecule has 23 heavy (non-hydrogen) atoms. The van der Waals surface area contributed by atoms with E-state index in [1.54, 1.807) is 14.1 Å². The lowest BCUT2D eigenvalue weighted by molar-refractivity contribution is -0.135. The van der Waals surface area contributed by atoms with Crippen LogP contribution < -0.4 is 10.6 Å². The first-order chi connectivity index (χ1) is 10.6. The van der Waals surface area contributed by atoms with Crippen molar-refractivity contribution in [2.24, 2.45) is 5.92 Å². The number of carbonyl (C=O) groups excluding carboxylic acids is 2. The molecule has 1 aliphatic rings. The number of carbonyl (C=O) groups is 2. The molecule has 2 amide bonds. The van der Waals surface area contributed by atoms with Gasteiger partial charge >= 0.3 is 0 Å². The molecule has 2 N–H and O–H groups in total. The highest BCUT2D eigenvalue weighted by Crippen LogP contribution is 2.12. The van der Waals surface area contributed by atoms with Gasteiger partial charge in [-0.1, -0.05) is 30.3 Å². The zero-order valence-corrected chi connectivity index (χ0v) is 14.6. The molecule has 2 atom stereocenters. The van der Waals surface area contributed by atoms with E-state index >= 15 is 0 Å². The maximum absolute atomic E-state index is 12.4. The van der Waals surface area contributed by atoms with E-state index < -0.39 is 6.04 Å². The Kier molecular flexibility index (Phi) is 8.06. The lowest BCUT2D eigenvalue weighted by atomic mass is 9.97.